The Hall–Kier alpha value is -1.85. The molecule has 0 saturated heterocycles. The molecule has 1 aromatic heterocycles. The van der Waals surface area contributed by atoms with Crippen LogP contribution in [0.25, 0.3) is 0 Å². The van der Waals surface area contributed by atoms with E-state index < -0.39 is 0 Å². The van der Waals surface area contributed by atoms with Crippen molar-refractivity contribution in [3.05, 3.63) is 39.5 Å². The van der Waals surface area contributed by atoms with Crippen molar-refractivity contribution < 1.29 is 17.1 Å². The Bertz CT molecular complexity index is 213. The van der Waals surface area contributed by atoms with Crippen LogP contribution in [0.1, 0.15) is 0 Å². The summed E-state index contributed by atoms with van der Waals surface area (Å²) in [5.41, 5.74) is 15.4. The minimum absolute atomic E-state index is 0. The molecule has 0 saturated carbocycles. The molecule has 6 nitrogen and oxygen atoms in total. The van der Waals surface area contributed by atoms with Gasteiger partial charge in [0.2, 0.25) is 17.8 Å². The summed E-state index contributed by atoms with van der Waals surface area (Å²) in [5.74, 6) is 0.125. The van der Waals surface area contributed by atoms with Gasteiger partial charge in [-0.15, -0.1) is 39.5 Å². The van der Waals surface area contributed by atoms with E-state index in [1.807, 2.05) is 0 Å². The molecule has 0 atom stereocenters. The summed E-state index contributed by atoms with van der Waals surface area (Å²) in [5, 5.41) is 0. The van der Waals surface area contributed by atoms with Crippen LogP contribution in [-0.4, -0.2) is 15.0 Å². The fourth-order valence-electron chi connectivity index (χ4n) is 0.427. The van der Waals surface area contributed by atoms with E-state index in [2.05, 4.69) is 54.4 Å². The summed E-state index contributed by atoms with van der Waals surface area (Å²) >= 11 is 0. The van der Waals surface area contributed by atoms with E-state index in [1.54, 1.807) is 0 Å². The first-order chi connectivity index (χ1) is 7.18. The number of nitrogen functional groups attached to an aromatic ring is 3. The Morgan fingerprint density at radius 2 is 0.688 bits per heavy atom. The molecule has 0 spiro atoms. The topological polar surface area (TPSA) is 117 Å². The zero-order valence-electron chi connectivity index (χ0n) is 9.17. The van der Waals surface area contributed by atoms with E-state index in [9.17, 15) is 0 Å². The monoisotopic (exact) mass is 266 g/mol. The minimum Gasteiger partial charge on any atom is -0.368 e. The van der Waals surface area contributed by atoms with Gasteiger partial charge >= 0.3 is 0 Å². The smallest absolute Gasteiger partial charge is 0.226 e. The van der Waals surface area contributed by atoms with Crippen LogP contribution in [0, 0.1) is 0 Å². The normalized spacial score (nSPS) is 6.00. The van der Waals surface area contributed by atoms with Crippen molar-refractivity contribution in [1.82, 2.24) is 15.0 Å². The van der Waals surface area contributed by atoms with Crippen LogP contribution in [0.5, 0.6) is 0 Å². The molecular weight excluding hydrogens is 248 g/mol. The molecule has 6 N–H and O–H groups in total. The second kappa shape index (κ2) is 18.8. The van der Waals surface area contributed by atoms with E-state index in [4.69, 9.17) is 17.2 Å². The Balaban J connectivity index is -0.0000000900. The average molecular weight is 266 g/mol. The second-order valence-corrected chi connectivity index (χ2v) is 1.41. The van der Waals surface area contributed by atoms with Crippen molar-refractivity contribution in [3.8, 4) is 0 Å². The zero-order valence-corrected chi connectivity index (χ0v) is 10.3. The number of nitrogens with zero attached hydrogens (tertiary/aromatic N) is 3. The van der Waals surface area contributed by atoms with E-state index >= 15 is 0 Å². The first-order valence-corrected chi connectivity index (χ1v) is 3.71. The second-order valence-electron chi connectivity index (χ2n) is 1.41. The Labute approximate surface area is 107 Å². The maximum Gasteiger partial charge on any atom is 0.226 e. The summed E-state index contributed by atoms with van der Waals surface area (Å²) in [6, 6.07) is 0. The van der Waals surface area contributed by atoms with Crippen molar-refractivity contribution in [1.29, 1.82) is 0 Å². The van der Waals surface area contributed by atoms with Crippen LogP contribution in [-0.2, 0) is 17.1 Å². The summed E-state index contributed by atoms with van der Waals surface area (Å²) in [6.07, 6.45) is 0. The molecule has 0 fully saturated rings. The van der Waals surface area contributed by atoms with E-state index in [0.717, 1.165) is 0 Å². The maximum absolute atomic E-state index is 5.14. The van der Waals surface area contributed by atoms with Gasteiger partial charge in [-0.3, -0.25) is 0 Å². The van der Waals surface area contributed by atoms with Crippen LogP contribution >= 0.6 is 0 Å². The van der Waals surface area contributed by atoms with Crippen molar-refractivity contribution in [2.24, 2.45) is 0 Å². The maximum atomic E-state index is 5.14. The largest absolute Gasteiger partial charge is 0.368 e. The number of anilines is 3. The molecule has 0 aliphatic carbocycles. The van der Waals surface area contributed by atoms with E-state index in [0.29, 0.717) is 0 Å². The number of aromatic nitrogens is 3. The molecule has 0 aliphatic heterocycles. The molecule has 0 unspecified atom stereocenters. The predicted octanol–water partition coefficient (Wildman–Crippen LogP) is 1.02. The van der Waals surface area contributed by atoms with Gasteiger partial charge in [-0.1, -0.05) is 0 Å². The Kier molecular flexibility index (Phi) is 28.0. The molecule has 0 aliphatic rings. The fraction of sp³-hybridized carbons (Fsp3) is 0. The molecular formula is C9H18FeN6. The number of nitrogens with two attached hydrogens (primary N) is 3. The van der Waals surface area contributed by atoms with Crippen LogP contribution < -0.4 is 17.2 Å². The molecule has 0 bridgehead atoms. The predicted molar refractivity (Wildman–Crippen MR) is 66.8 cm³/mol. The van der Waals surface area contributed by atoms with Gasteiger partial charge in [0.05, 0.1) is 0 Å². The first-order valence-electron chi connectivity index (χ1n) is 3.71. The molecule has 7 heteroatoms. The van der Waals surface area contributed by atoms with Crippen molar-refractivity contribution in [2.45, 2.75) is 0 Å². The molecule has 0 aromatic carbocycles. The average Bonchev–Trinajstić information content (AvgIpc) is 2.24. The van der Waals surface area contributed by atoms with Crippen LogP contribution in [0.4, 0.5) is 17.8 Å². The molecule has 92 valence electrons. The third-order valence-corrected chi connectivity index (χ3v) is 0.687. The minimum atomic E-state index is 0. The first kappa shape index (κ1) is 23.8. The van der Waals surface area contributed by atoms with Gasteiger partial charge in [0.15, 0.2) is 0 Å². The Morgan fingerprint density at radius 1 is 0.562 bits per heavy atom. The summed E-state index contributed by atoms with van der Waals surface area (Å²) in [4.78, 5) is 10.5. The molecule has 1 rings (SSSR count). The molecule has 0 radical (unpaired) electrons. The number of hydrogen-bond donors (Lipinski definition) is 3. The zero-order chi connectivity index (χ0) is 12.9. The van der Waals surface area contributed by atoms with Crippen molar-refractivity contribution in [2.75, 3.05) is 17.2 Å². The summed E-state index contributed by atoms with van der Waals surface area (Å²) < 4.78 is 0. The van der Waals surface area contributed by atoms with Crippen LogP contribution in [0.2, 0.25) is 0 Å². The summed E-state index contributed by atoms with van der Waals surface area (Å²) in [6.45, 7) is 18.0. The molecule has 0 amide bonds. The van der Waals surface area contributed by atoms with Crippen molar-refractivity contribution >= 4 is 17.8 Å². The van der Waals surface area contributed by atoms with Gasteiger partial charge < -0.3 is 17.2 Å². The molecule has 1 heterocycles. The number of rotatable bonds is 0. The quantitative estimate of drug-likeness (QED) is 0.476. The fourth-order valence-corrected chi connectivity index (χ4v) is 0.427. The van der Waals surface area contributed by atoms with Crippen LogP contribution in [0.3, 0.4) is 0 Å². The Morgan fingerprint density at radius 3 is 0.812 bits per heavy atom. The van der Waals surface area contributed by atoms with Gasteiger partial charge in [-0.2, -0.15) is 15.0 Å². The third-order valence-electron chi connectivity index (χ3n) is 0.687. The van der Waals surface area contributed by atoms with Gasteiger partial charge in [0.1, 0.15) is 0 Å². The standard InChI is InChI=1S/C3H6N6.3C2H4.Fe/c4-1-7-2(5)9-3(6)8-1;3*1-2;/h(H6,4,5,6,7,8,9);3*1-2H2;. The van der Waals surface area contributed by atoms with E-state index in [-0.39, 0.29) is 34.9 Å². The third kappa shape index (κ3) is 14.7. The van der Waals surface area contributed by atoms with Gasteiger partial charge in [0, 0.05) is 17.1 Å². The van der Waals surface area contributed by atoms with Crippen molar-refractivity contribution in [3.63, 3.8) is 0 Å². The van der Waals surface area contributed by atoms with E-state index in [1.165, 1.54) is 0 Å². The van der Waals surface area contributed by atoms with Crippen LogP contribution in [0.15, 0.2) is 39.5 Å². The molecule has 1 aromatic rings. The number of hydrogen-bond acceptors (Lipinski definition) is 6. The SMILES string of the molecule is C=C.C=C.C=C.Nc1nc(N)nc(N)n1.[Fe]. The van der Waals surface area contributed by atoms with Gasteiger partial charge in [-0.05, 0) is 0 Å². The van der Waals surface area contributed by atoms with Gasteiger partial charge in [-0.25, -0.2) is 0 Å². The van der Waals surface area contributed by atoms with Gasteiger partial charge in [0.25, 0.3) is 0 Å². The summed E-state index contributed by atoms with van der Waals surface area (Å²) in [7, 11) is 0. The molecule has 16 heavy (non-hydrogen) atoms.